The molecule has 3 aromatic carbocycles. The van der Waals surface area contributed by atoms with E-state index in [-0.39, 0.29) is 47.4 Å². The number of thioether (sulfide) groups is 1. The molecule has 0 saturated heterocycles. The summed E-state index contributed by atoms with van der Waals surface area (Å²) in [6.45, 7) is 6.41. The first-order valence-corrected chi connectivity index (χ1v) is 16.5. The molecule has 0 aliphatic carbocycles. The van der Waals surface area contributed by atoms with Crippen molar-refractivity contribution in [3.8, 4) is 22.9 Å². The van der Waals surface area contributed by atoms with Gasteiger partial charge in [-0.05, 0) is 36.4 Å². The van der Waals surface area contributed by atoms with Crippen molar-refractivity contribution in [1.82, 2.24) is 24.9 Å². The van der Waals surface area contributed by atoms with E-state index in [0.29, 0.717) is 23.0 Å². The third kappa shape index (κ3) is 6.75. The third-order valence-electron chi connectivity index (χ3n) is 7.82. The predicted octanol–water partition coefficient (Wildman–Crippen LogP) is 6.67. The molecule has 250 valence electrons. The van der Waals surface area contributed by atoms with Gasteiger partial charge in [-0.3, -0.25) is 10.2 Å². The van der Waals surface area contributed by atoms with Crippen LogP contribution in [0.4, 0.5) is 21.1 Å². The number of aromatic hydroxyl groups is 1. The van der Waals surface area contributed by atoms with Crippen molar-refractivity contribution in [3.63, 3.8) is 0 Å². The van der Waals surface area contributed by atoms with E-state index in [4.69, 9.17) is 21.4 Å². The Labute approximate surface area is 287 Å². The van der Waals surface area contributed by atoms with E-state index in [1.54, 1.807) is 46.7 Å². The zero-order valence-electron chi connectivity index (χ0n) is 26.8. The van der Waals surface area contributed by atoms with Gasteiger partial charge in [-0.2, -0.15) is 5.10 Å². The van der Waals surface area contributed by atoms with E-state index in [1.165, 1.54) is 11.0 Å². The molecule has 0 spiro atoms. The van der Waals surface area contributed by atoms with E-state index in [1.807, 2.05) is 80.4 Å². The summed E-state index contributed by atoms with van der Waals surface area (Å²) in [5.41, 5.74) is 2.47. The number of amides is 4. The lowest BCUT2D eigenvalue weighted by Crippen LogP contribution is -2.44. The number of phenolic OH excluding ortho intramolecular Hbond substituents is 1. The van der Waals surface area contributed by atoms with Crippen molar-refractivity contribution in [2.75, 3.05) is 30.4 Å². The molecule has 0 radical (unpaired) electrons. The molecule has 14 heteroatoms. The number of aromatic nitrogens is 2. The van der Waals surface area contributed by atoms with E-state index >= 15 is 0 Å². The number of hydrogen-bond acceptors (Lipinski definition) is 8. The SMILES string of the molecule is CN(CCO)C(=O)N1C=CN2c3cc(Oc4ccccc4CNC(=O)Nc4cc(C(C)(C)C)nn4-c4ccc(O)c(Cl)c4)ccc3SC12. The number of likely N-dealkylation sites (N-methyl/N-ethyl adjacent to an activating group) is 1. The van der Waals surface area contributed by atoms with Crippen LogP contribution in [0.15, 0.2) is 84.0 Å². The number of hydrogen-bond donors (Lipinski definition) is 4. The van der Waals surface area contributed by atoms with E-state index in [2.05, 4.69) is 10.6 Å². The van der Waals surface area contributed by atoms with Gasteiger partial charge in [0, 0.05) is 60.5 Å². The fourth-order valence-corrected chi connectivity index (χ4v) is 6.59. The van der Waals surface area contributed by atoms with Gasteiger partial charge in [0.2, 0.25) is 0 Å². The number of aliphatic hydroxyl groups is 1. The number of carbonyl (C=O) groups excluding carboxylic acids is 2. The maximum Gasteiger partial charge on any atom is 0.326 e. The fraction of sp³-hybridized carbons (Fsp3) is 0.265. The molecule has 0 fully saturated rings. The lowest BCUT2D eigenvalue weighted by Gasteiger charge is -2.28. The Bertz CT molecular complexity index is 1890. The molecule has 0 saturated carbocycles. The zero-order valence-corrected chi connectivity index (χ0v) is 28.4. The normalized spacial score (nSPS) is 14.9. The smallest absolute Gasteiger partial charge is 0.326 e. The number of ether oxygens (including phenoxy) is 1. The van der Waals surface area contributed by atoms with E-state index in [9.17, 15) is 19.8 Å². The highest BCUT2D eigenvalue weighted by molar-refractivity contribution is 8.00. The molecule has 4 N–H and O–H groups in total. The van der Waals surface area contributed by atoms with Crippen LogP contribution < -0.4 is 20.3 Å². The van der Waals surface area contributed by atoms with Gasteiger partial charge in [-0.25, -0.2) is 14.3 Å². The van der Waals surface area contributed by atoms with Gasteiger partial charge in [-0.1, -0.05) is 62.3 Å². The maximum atomic E-state index is 13.2. The first kappa shape index (κ1) is 33.1. The van der Waals surface area contributed by atoms with Crippen molar-refractivity contribution in [1.29, 1.82) is 0 Å². The number of phenols is 1. The lowest BCUT2D eigenvalue weighted by atomic mass is 9.92. The highest BCUT2D eigenvalue weighted by Crippen LogP contribution is 2.49. The molecule has 3 heterocycles. The quantitative estimate of drug-likeness (QED) is 0.161. The van der Waals surface area contributed by atoms with Crippen LogP contribution in [0.2, 0.25) is 5.02 Å². The van der Waals surface area contributed by atoms with Crippen LogP contribution >= 0.6 is 23.4 Å². The number of carbonyl (C=O) groups is 2. The molecule has 0 bridgehead atoms. The number of benzene rings is 3. The Morgan fingerprint density at radius 3 is 2.62 bits per heavy atom. The summed E-state index contributed by atoms with van der Waals surface area (Å²) < 4.78 is 7.90. The molecule has 48 heavy (non-hydrogen) atoms. The Hall–Kier alpha value is -4.85. The van der Waals surface area contributed by atoms with Gasteiger partial charge >= 0.3 is 12.1 Å². The van der Waals surface area contributed by atoms with Crippen LogP contribution in [0.3, 0.4) is 0 Å². The van der Waals surface area contributed by atoms with Crippen molar-refractivity contribution < 1.29 is 24.5 Å². The van der Waals surface area contributed by atoms with Gasteiger partial charge in [0.15, 0.2) is 5.50 Å². The van der Waals surface area contributed by atoms with Gasteiger partial charge in [0.1, 0.15) is 23.1 Å². The summed E-state index contributed by atoms with van der Waals surface area (Å²) in [7, 11) is 1.66. The lowest BCUT2D eigenvalue weighted by molar-refractivity contribution is 0.166. The Balaban J connectivity index is 1.14. The van der Waals surface area contributed by atoms with Gasteiger partial charge in [0.05, 0.1) is 28.7 Å². The van der Waals surface area contributed by atoms with Gasteiger partial charge in [0.25, 0.3) is 0 Å². The van der Waals surface area contributed by atoms with Crippen molar-refractivity contribution in [2.24, 2.45) is 0 Å². The summed E-state index contributed by atoms with van der Waals surface area (Å²) in [5.74, 6) is 1.58. The van der Waals surface area contributed by atoms with Crippen LogP contribution in [-0.2, 0) is 12.0 Å². The molecular weight excluding hydrogens is 654 g/mol. The summed E-state index contributed by atoms with van der Waals surface area (Å²) in [6.07, 6.45) is 3.61. The second-order valence-corrected chi connectivity index (χ2v) is 13.8. The van der Waals surface area contributed by atoms with Crippen LogP contribution in [0, 0.1) is 0 Å². The highest BCUT2D eigenvalue weighted by Gasteiger charge is 2.40. The largest absolute Gasteiger partial charge is 0.506 e. The van der Waals surface area contributed by atoms with Crippen LogP contribution in [0.1, 0.15) is 32.0 Å². The topological polar surface area (TPSA) is 135 Å². The summed E-state index contributed by atoms with van der Waals surface area (Å²) in [4.78, 5) is 32.2. The number of nitrogens with zero attached hydrogens (tertiary/aromatic N) is 5. The average Bonchev–Trinajstić information content (AvgIpc) is 3.76. The summed E-state index contributed by atoms with van der Waals surface area (Å²) >= 11 is 7.72. The number of rotatable bonds is 8. The van der Waals surface area contributed by atoms with Crippen LogP contribution in [-0.4, -0.2) is 67.6 Å². The monoisotopic (exact) mass is 689 g/mol. The maximum absolute atomic E-state index is 13.2. The van der Waals surface area contributed by atoms with Crippen LogP contribution in [0.25, 0.3) is 5.69 Å². The average molecular weight is 690 g/mol. The Kier molecular flexibility index (Phi) is 9.19. The Morgan fingerprint density at radius 1 is 1.08 bits per heavy atom. The minimum absolute atomic E-state index is 0.0471. The predicted molar refractivity (Wildman–Crippen MR) is 186 cm³/mol. The van der Waals surface area contributed by atoms with Crippen LogP contribution in [0.5, 0.6) is 17.2 Å². The van der Waals surface area contributed by atoms with Crippen molar-refractivity contribution in [3.05, 3.63) is 95.4 Å². The molecule has 1 aromatic heterocycles. The molecule has 2 aliphatic heterocycles. The zero-order chi connectivity index (χ0) is 34.2. The number of nitrogens with one attached hydrogen (secondary N) is 2. The Morgan fingerprint density at radius 2 is 1.88 bits per heavy atom. The number of urea groups is 2. The molecule has 1 atom stereocenters. The highest BCUT2D eigenvalue weighted by atomic mass is 35.5. The molecule has 12 nitrogen and oxygen atoms in total. The first-order chi connectivity index (χ1) is 22.9. The second kappa shape index (κ2) is 13.3. The summed E-state index contributed by atoms with van der Waals surface area (Å²) in [6, 6.07) is 19.1. The standard InChI is InChI=1S/C34H36ClN7O5S/c1-34(2,3)29-19-30(42(38-29)22-9-11-26(44)24(35)17-22)37-31(45)36-20-21-7-5-6-8-27(21)47-23-10-12-28-25(18-23)40-13-14-41(33(40)48-28)32(46)39(4)15-16-43/h5-14,17-19,33,43-44H,15-16,20H2,1-4H3,(H2,36,37,45). The van der Waals surface area contributed by atoms with Gasteiger partial charge < -0.3 is 30.1 Å². The first-order valence-electron chi connectivity index (χ1n) is 15.2. The summed E-state index contributed by atoms with van der Waals surface area (Å²) in [5, 5.41) is 29.8. The number of aliphatic hydroxyl groups excluding tert-OH is 1. The van der Waals surface area contributed by atoms with E-state index < -0.39 is 6.03 Å². The number of para-hydroxylation sites is 1. The number of anilines is 2. The molecular formula is C34H36ClN7O5S. The molecule has 6 rings (SSSR count). The number of halogens is 1. The molecule has 4 amide bonds. The molecule has 1 unspecified atom stereocenters. The minimum Gasteiger partial charge on any atom is -0.506 e. The van der Waals surface area contributed by atoms with E-state index in [0.717, 1.165) is 21.8 Å². The number of fused-ring (bicyclic) bond motifs is 3. The minimum atomic E-state index is -0.443. The van der Waals surface area contributed by atoms with Gasteiger partial charge in [-0.15, -0.1) is 0 Å². The van der Waals surface area contributed by atoms with Crippen molar-refractivity contribution in [2.45, 2.75) is 43.1 Å². The fourth-order valence-electron chi connectivity index (χ4n) is 5.19. The molecule has 2 aliphatic rings. The van der Waals surface area contributed by atoms with Crippen molar-refractivity contribution >= 4 is 46.9 Å². The second-order valence-electron chi connectivity index (χ2n) is 12.3. The third-order valence-corrected chi connectivity index (χ3v) is 9.39. The molecule has 4 aromatic rings.